The molecule has 0 bridgehead atoms. The van der Waals surface area contributed by atoms with E-state index >= 15 is 0 Å². The van der Waals surface area contributed by atoms with Crippen molar-refractivity contribution >= 4 is 10.2 Å². The lowest BCUT2D eigenvalue weighted by Gasteiger charge is -2.38. The maximum atomic E-state index is 11.9. The Morgan fingerprint density at radius 3 is 2.48 bits per heavy atom. The van der Waals surface area contributed by atoms with Gasteiger partial charge in [-0.2, -0.15) is 17.0 Å². The second-order valence-electron chi connectivity index (χ2n) is 5.21. The Morgan fingerprint density at radius 1 is 1.19 bits per heavy atom. The highest BCUT2D eigenvalue weighted by molar-refractivity contribution is 7.86. The Balaban J connectivity index is 1.70. The van der Waals surface area contributed by atoms with Crippen molar-refractivity contribution in [2.24, 2.45) is 0 Å². The fourth-order valence-corrected chi connectivity index (χ4v) is 3.38. The lowest BCUT2D eigenvalue weighted by molar-refractivity contribution is 0.180. The number of hydrogen-bond acceptors (Lipinski definition) is 4. The second kappa shape index (κ2) is 5.21. The molecule has 8 heteroatoms. The summed E-state index contributed by atoms with van der Waals surface area (Å²) in [7, 11) is -0.255. The van der Waals surface area contributed by atoms with E-state index in [2.05, 4.69) is 10.3 Å². The van der Waals surface area contributed by atoms with Gasteiger partial charge in [-0.1, -0.05) is 35.5 Å². The summed E-state index contributed by atoms with van der Waals surface area (Å²) in [5, 5.41) is 8.25. The standard InChI is InChI=1S/C13H17N5O2S/c1-16(2)21(19,20)17-8-12(9-17)18-10-13(14-15-18)11-6-4-3-5-7-11/h3-7,10,12H,8-9H2,1-2H3. The van der Waals surface area contributed by atoms with Gasteiger partial charge in [-0.3, -0.25) is 0 Å². The third-order valence-electron chi connectivity index (χ3n) is 3.57. The molecule has 0 aliphatic carbocycles. The van der Waals surface area contributed by atoms with Gasteiger partial charge in [0.15, 0.2) is 0 Å². The average Bonchev–Trinajstić information content (AvgIpc) is 2.87. The Kier molecular flexibility index (Phi) is 3.52. The summed E-state index contributed by atoms with van der Waals surface area (Å²) in [6.45, 7) is 0.857. The molecule has 1 fully saturated rings. The summed E-state index contributed by atoms with van der Waals surface area (Å²) in [5.41, 5.74) is 1.80. The first-order chi connectivity index (χ1) is 9.98. The molecule has 1 aromatic heterocycles. The monoisotopic (exact) mass is 307 g/mol. The van der Waals surface area contributed by atoms with Crippen LogP contribution >= 0.6 is 0 Å². The van der Waals surface area contributed by atoms with Crippen LogP contribution in [0, 0.1) is 0 Å². The normalized spacial score (nSPS) is 17.1. The second-order valence-corrected chi connectivity index (χ2v) is 7.35. The highest BCUT2D eigenvalue weighted by atomic mass is 32.2. The summed E-state index contributed by atoms with van der Waals surface area (Å²) in [6.07, 6.45) is 1.86. The van der Waals surface area contributed by atoms with Gasteiger partial charge in [-0.15, -0.1) is 5.10 Å². The van der Waals surface area contributed by atoms with Crippen molar-refractivity contribution in [1.29, 1.82) is 0 Å². The van der Waals surface area contributed by atoms with E-state index in [1.807, 2.05) is 36.5 Å². The molecule has 0 radical (unpaired) electrons. The first-order valence-electron chi connectivity index (χ1n) is 6.63. The maximum Gasteiger partial charge on any atom is 0.281 e. The Hall–Kier alpha value is -1.77. The molecule has 0 N–H and O–H groups in total. The minimum Gasteiger partial charge on any atom is -0.246 e. The number of nitrogens with zero attached hydrogens (tertiary/aromatic N) is 5. The molecule has 112 valence electrons. The minimum absolute atomic E-state index is 0.0460. The van der Waals surface area contributed by atoms with Gasteiger partial charge < -0.3 is 0 Å². The molecular weight excluding hydrogens is 290 g/mol. The van der Waals surface area contributed by atoms with Crippen LogP contribution in [0.15, 0.2) is 36.5 Å². The highest BCUT2D eigenvalue weighted by Crippen LogP contribution is 2.26. The maximum absolute atomic E-state index is 11.9. The van der Waals surface area contributed by atoms with Crippen LogP contribution < -0.4 is 0 Å². The molecule has 2 heterocycles. The van der Waals surface area contributed by atoms with Gasteiger partial charge in [0.1, 0.15) is 5.69 Å². The fourth-order valence-electron chi connectivity index (χ4n) is 2.20. The van der Waals surface area contributed by atoms with Crippen LogP contribution in [0.2, 0.25) is 0 Å². The van der Waals surface area contributed by atoms with E-state index < -0.39 is 10.2 Å². The molecule has 0 saturated carbocycles. The van der Waals surface area contributed by atoms with Crippen molar-refractivity contribution in [2.75, 3.05) is 27.2 Å². The van der Waals surface area contributed by atoms with Crippen LogP contribution in [-0.2, 0) is 10.2 Å². The van der Waals surface area contributed by atoms with Gasteiger partial charge >= 0.3 is 0 Å². The molecule has 0 spiro atoms. The molecule has 0 amide bonds. The predicted molar refractivity (Wildman–Crippen MR) is 78.7 cm³/mol. The summed E-state index contributed by atoms with van der Waals surface area (Å²) in [5.74, 6) is 0. The number of aromatic nitrogens is 3. The number of benzene rings is 1. The Bertz CT molecular complexity index is 720. The van der Waals surface area contributed by atoms with Crippen molar-refractivity contribution in [3.05, 3.63) is 36.5 Å². The third kappa shape index (κ3) is 2.57. The van der Waals surface area contributed by atoms with Gasteiger partial charge in [0.25, 0.3) is 10.2 Å². The van der Waals surface area contributed by atoms with Gasteiger partial charge in [0, 0.05) is 32.7 Å². The quantitative estimate of drug-likeness (QED) is 0.829. The zero-order valence-corrected chi connectivity index (χ0v) is 12.7. The van der Waals surface area contributed by atoms with Gasteiger partial charge in [0.2, 0.25) is 0 Å². The first-order valence-corrected chi connectivity index (χ1v) is 8.03. The molecule has 2 aromatic rings. The average molecular weight is 307 g/mol. The van der Waals surface area contributed by atoms with Gasteiger partial charge in [-0.25, -0.2) is 4.68 Å². The topological polar surface area (TPSA) is 71.3 Å². The summed E-state index contributed by atoms with van der Waals surface area (Å²) >= 11 is 0. The molecule has 1 aliphatic rings. The SMILES string of the molecule is CN(C)S(=O)(=O)N1CC(n2cc(-c3ccccc3)nn2)C1. The van der Waals surface area contributed by atoms with Crippen molar-refractivity contribution in [1.82, 2.24) is 23.6 Å². The lowest BCUT2D eigenvalue weighted by atomic mass is 10.1. The molecule has 1 aliphatic heterocycles. The molecular formula is C13H17N5O2S. The molecule has 3 rings (SSSR count). The largest absolute Gasteiger partial charge is 0.281 e. The van der Waals surface area contributed by atoms with Crippen LogP contribution in [0.1, 0.15) is 6.04 Å². The molecule has 1 aromatic carbocycles. The molecule has 0 unspecified atom stereocenters. The third-order valence-corrected chi connectivity index (χ3v) is 5.44. The van der Waals surface area contributed by atoms with E-state index in [1.54, 1.807) is 4.68 Å². The first kappa shape index (κ1) is 14.2. The van der Waals surface area contributed by atoms with E-state index in [1.165, 1.54) is 22.7 Å². The Morgan fingerprint density at radius 2 is 1.86 bits per heavy atom. The van der Waals surface area contributed by atoms with Crippen LogP contribution in [-0.4, -0.2) is 59.2 Å². The molecule has 7 nitrogen and oxygen atoms in total. The van der Waals surface area contributed by atoms with E-state index in [0.29, 0.717) is 13.1 Å². The summed E-state index contributed by atoms with van der Waals surface area (Å²) < 4.78 is 28.2. The van der Waals surface area contributed by atoms with Crippen molar-refractivity contribution in [3.63, 3.8) is 0 Å². The minimum atomic E-state index is -3.32. The Labute approximate surface area is 124 Å². The fraction of sp³-hybridized carbons (Fsp3) is 0.385. The van der Waals surface area contributed by atoms with E-state index in [0.717, 1.165) is 11.3 Å². The highest BCUT2D eigenvalue weighted by Gasteiger charge is 2.38. The molecule has 0 atom stereocenters. The van der Waals surface area contributed by atoms with Crippen molar-refractivity contribution in [2.45, 2.75) is 6.04 Å². The zero-order valence-electron chi connectivity index (χ0n) is 11.9. The number of hydrogen-bond donors (Lipinski definition) is 0. The summed E-state index contributed by atoms with van der Waals surface area (Å²) in [4.78, 5) is 0. The van der Waals surface area contributed by atoms with E-state index in [4.69, 9.17) is 0 Å². The lowest BCUT2D eigenvalue weighted by Crippen LogP contribution is -2.54. The van der Waals surface area contributed by atoms with E-state index in [-0.39, 0.29) is 6.04 Å². The zero-order chi connectivity index (χ0) is 15.0. The van der Waals surface area contributed by atoms with Crippen LogP contribution in [0.4, 0.5) is 0 Å². The van der Waals surface area contributed by atoms with Crippen molar-refractivity contribution in [3.8, 4) is 11.3 Å². The van der Waals surface area contributed by atoms with Crippen LogP contribution in [0.25, 0.3) is 11.3 Å². The van der Waals surface area contributed by atoms with Crippen LogP contribution in [0.5, 0.6) is 0 Å². The summed E-state index contributed by atoms with van der Waals surface area (Å²) in [6, 6.07) is 9.83. The van der Waals surface area contributed by atoms with Gasteiger partial charge in [0.05, 0.1) is 12.2 Å². The molecule has 1 saturated heterocycles. The number of rotatable bonds is 4. The van der Waals surface area contributed by atoms with Gasteiger partial charge in [-0.05, 0) is 0 Å². The van der Waals surface area contributed by atoms with Crippen LogP contribution in [0.3, 0.4) is 0 Å². The van der Waals surface area contributed by atoms with Crippen molar-refractivity contribution < 1.29 is 8.42 Å². The smallest absolute Gasteiger partial charge is 0.246 e. The predicted octanol–water partition coefficient (Wildman–Crippen LogP) is 0.608. The molecule has 21 heavy (non-hydrogen) atoms. The van der Waals surface area contributed by atoms with E-state index in [9.17, 15) is 8.42 Å².